The predicted molar refractivity (Wildman–Crippen MR) is 328 cm³/mol. The lowest BCUT2D eigenvalue weighted by Gasteiger charge is -2.12. The molecule has 19 rings (SSSR count). The second-order valence-electron chi connectivity index (χ2n) is 21.4. The molecule has 0 atom stereocenters. The van der Waals surface area contributed by atoms with Gasteiger partial charge in [-0.3, -0.25) is 4.40 Å². The fourth-order valence-electron chi connectivity index (χ4n) is 14.4. The molecule has 358 valence electrons. The first-order valence-corrected chi connectivity index (χ1v) is 27.0. The summed E-state index contributed by atoms with van der Waals surface area (Å²) in [6.45, 7) is 0. The lowest BCUT2D eigenvalue weighted by molar-refractivity contribution is 1.18. The largest absolute Gasteiger partial charge is 0.309 e. The maximum atomic E-state index is 6.05. The fourth-order valence-corrected chi connectivity index (χ4v) is 14.4. The Bertz CT molecular complexity index is 5790. The highest BCUT2D eigenvalue weighted by atomic mass is 15.0. The quantitative estimate of drug-likeness (QED) is 0.173. The average molecular weight is 988 g/mol. The maximum absolute atomic E-state index is 6.05. The van der Waals surface area contributed by atoms with Gasteiger partial charge in [0.15, 0.2) is 0 Å². The molecule has 7 aromatic heterocycles. The zero-order valence-electron chi connectivity index (χ0n) is 41.9. The summed E-state index contributed by atoms with van der Waals surface area (Å²) in [6, 6.07) is 92.2. The molecule has 5 nitrogen and oxygen atoms in total. The lowest BCUT2D eigenvalue weighted by Crippen LogP contribution is -1.93. The summed E-state index contributed by atoms with van der Waals surface area (Å²) in [5, 5.41) is 18.3. The van der Waals surface area contributed by atoms with Crippen molar-refractivity contribution in [3.8, 4) is 33.6 Å². The summed E-state index contributed by atoms with van der Waals surface area (Å²) >= 11 is 0. The van der Waals surface area contributed by atoms with Gasteiger partial charge in [0, 0.05) is 81.8 Å². The molecule has 19 aromatic rings. The normalized spacial score (nSPS) is 12.6. The van der Waals surface area contributed by atoms with Gasteiger partial charge in [-0.15, -0.1) is 0 Å². The van der Waals surface area contributed by atoms with Crippen LogP contribution in [-0.2, 0) is 0 Å². The Hall–Kier alpha value is -10.5. The summed E-state index contributed by atoms with van der Waals surface area (Å²) in [5.41, 5.74) is 19.8. The highest BCUT2D eigenvalue weighted by Crippen LogP contribution is 2.50. The van der Waals surface area contributed by atoms with E-state index in [2.05, 4.69) is 267 Å². The number of para-hydroxylation sites is 6. The van der Waals surface area contributed by atoms with Crippen LogP contribution in [0.1, 0.15) is 0 Å². The number of aromatic nitrogens is 5. The number of nitrogens with zero attached hydrogens (tertiary/aromatic N) is 5. The molecule has 0 aliphatic heterocycles. The molecule has 0 aliphatic rings. The zero-order valence-corrected chi connectivity index (χ0v) is 41.9. The predicted octanol–water partition coefficient (Wildman–Crippen LogP) is 19.2. The minimum Gasteiger partial charge on any atom is -0.309 e. The minimum atomic E-state index is 0.977. The van der Waals surface area contributed by atoms with Crippen molar-refractivity contribution in [3.63, 3.8) is 0 Å². The first-order chi connectivity index (χ1) is 38.7. The number of rotatable bonds is 4. The first-order valence-electron chi connectivity index (χ1n) is 27.0. The van der Waals surface area contributed by atoms with Crippen LogP contribution in [0, 0.1) is 0 Å². The fraction of sp³-hybridized carbons (Fsp3) is 0. The van der Waals surface area contributed by atoms with Gasteiger partial charge in [-0.1, -0.05) is 170 Å². The molecule has 12 aromatic carbocycles. The van der Waals surface area contributed by atoms with Gasteiger partial charge >= 0.3 is 0 Å². The van der Waals surface area contributed by atoms with E-state index in [1.165, 1.54) is 142 Å². The van der Waals surface area contributed by atoms with Gasteiger partial charge in [-0.05, 0) is 112 Å². The number of pyridine rings is 1. The van der Waals surface area contributed by atoms with Crippen LogP contribution in [0.2, 0.25) is 0 Å². The Morgan fingerprint density at radius 3 is 1.45 bits per heavy atom. The van der Waals surface area contributed by atoms with Crippen molar-refractivity contribution in [2.45, 2.75) is 0 Å². The van der Waals surface area contributed by atoms with E-state index < -0.39 is 0 Å². The van der Waals surface area contributed by atoms with Gasteiger partial charge in [-0.2, -0.15) is 0 Å². The highest BCUT2D eigenvalue weighted by molar-refractivity contribution is 6.34. The van der Waals surface area contributed by atoms with Crippen LogP contribution < -0.4 is 0 Å². The number of fused-ring (bicyclic) bond motifs is 21. The zero-order chi connectivity index (χ0) is 50.5. The van der Waals surface area contributed by atoms with Crippen molar-refractivity contribution in [1.29, 1.82) is 0 Å². The van der Waals surface area contributed by atoms with Crippen molar-refractivity contribution in [2.24, 2.45) is 0 Å². The molecule has 0 fully saturated rings. The molecular weight excluding hydrogens is 947 g/mol. The number of hydrogen-bond donors (Lipinski definition) is 0. The molecule has 0 spiro atoms. The Balaban J connectivity index is 0.930. The molecule has 0 saturated heterocycles. The van der Waals surface area contributed by atoms with E-state index in [1.54, 1.807) is 0 Å². The summed E-state index contributed by atoms with van der Waals surface area (Å²) in [4.78, 5) is 6.05. The molecule has 78 heavy (non-hydrogen) atoms. The summed E-state index contributed by atoms with van der Waals surface area (Å²) in [6.07, 6.45) is 0. The van der Waals surface area contributed by atoms with Crippen molar-refractivity contribution in [3.05, 3.63) is 249 Å². The maximum Gasteiger partial charge on any atom is 0.146 e. The Morgan fingerprint density at radius 2 is 0.769 bits per heavy atom. The topological polar surface area (TPSA) is 31.6 Å². The SMILES string of the molecule is c1ccc(-n2c3ccccc3c3cc(-c4cccc5c6cc7ccccc7c7c8nc9c(cc8n(c45)c67)c4cccc5c6cc7ccccc7c(-c7ccc8c(c7)c7ccccc7n8-c7ccccc7)c6n9c45)ccc32)cc1. The van der Waals surface area contributed by atoms with Crippen LogP contribution in [0.15, 0.2) is 249 Å². The third kappa shape index (κ3) is 5.09. The van der Waals surface area contributed by atoms with Gasteiger partial charge in [0.2, 0.25) is 0 Å². The molecule has 0 bridgehead atoms. The van der Waals surface area contributed by atoms with Gasteiger partial charge in [-0.25, -0.2) is 4.98 Å². The van der Waals surface area contributed by atoms with Crippen LogP contribution >= 0.6 is 0 Å². The van der Waals surface area contributed by atoms with Crippen molar-refractivity contribution < 1.29 is 0 Å². The summed E-state index contributed by atoms with van der Waals surface area (Å²) in [5.74, 6) is 0. The summed E-state index contributed by atoms with van der Waals surface area (Å²) < 4.78 is 9.89. The van der Waals surface area contributed by atoms with Gasteiger partial charge in [0.05, 0.1) is 55.2 Å². The van der Waals surface area contributed by atoms with Gasteiger partial charge in [0.25, 0.3) is 0 Å². The van der Waals surface area contributed by atoms with Crippen LogP contribution in [0.3, 0.4) is 0 Å². The van der Waals surface area contributed by atoms with E-state index in [-0.39, 0.29) is 0 Å². The monoisotopic (exact) mass is 987 g/mol. The third-order valence-electron chi connectivity index (χ3n) is 17.5. The summed E-state index contributed by atoms with van der Waals surface area (Å²) in [7, 11) is 0. The van der Waals surface area contributed by atoms with Crippen LogP contribution in [0.5, 0.6) is 0 Å². The smallest absolute Gasteiger partial charge is 0.146 e. The Morgan fingerprint density at radius 1 is 0.269 bits per heavy atom. The van der Waals surface area contributed by atoms with Crippen molar-refractivity contribution in [2.75, 3.05) is 0 Å². The van der Waals surface area contributed by atoms with Crippen molar-refractivity contribution in [1.82, 2.24) is 22.9 Å². The third-order valence-corrected chi connectivity index (χ3v) is 17.5. The van der Waals surface area contributed by atoms with Crippen LogP contribution in [0.25, 0.3) is 175 Å². The first kappa shape index (κ1) is 40.8. The standard InChI is InChI=1S/C73H41N5/c1-3-19-46(20-4-1)75-61-31-13-11-25-51(61)56-37-44(33-35-63(56)75)50-27-15-28-53-59-39-43-18-8-10-24-49(43)67-68-65(77(69(50)53)72(59)67)41-60-55-30-16-29-54-58-38-42-17-7-9-23-48(42)66(71(58)78(70(54)55)73(60)74-68)45-34-36-64-57(40-45)52-26-12-14-32-62(52)76(64)47-21-5-2-6-22-47/h1-41H. The molecule has 0 radical (unpaired) electrons. The van der Waals surface area contributed by atoms with E-state index in [9.17, 15) is 0 Å². The van der Waals surface area contributed by atoms with E-state index in [4.69, 9.17) is 4.98 Å². The molecule has 0 N–H and O–H groups in total. The molecular formula is C73H41N5. The molecule has 0 unspecified atom stereocenters. The van der Waals surface area contributed by atoms with Crippen LogP contribution in [0.4, 0.5) is 0 Å². The second kappa shape index (κ2) is 14.7. The number of hydrogen-bond acceptors (Lipinski definition) is 1. The van der Waals surface area contributed by atoms with Crippen LogP contribution in [-0.4, -0.2) is 22.9 Å². The second-order valence-corrected chi connectivity index (χ2v) is 21.4. The van der Waals surface area contributed by atoms with Crippen molar-refractivity contribution >= 4 is 142 Å². The Kier molecular flexibility index (Phi) is 7.68. The minimum absolute atomic E-state index is 0.977. The molecule has 0 aliphatic carbocycles. The van der Waals surface area contributed by atoms with E-state index in [0.29, 0.717) is 0 Å². The molecule has 0 amide bonds. The number of benzene rings is 12. The van der Waals surface area contributed by atoms with E-state index in [0.717, 1.165) is 33.4 Å². The van der Waals surface area contributed by atoms with E-state index in [1.807, 2.05) is 0 Å². The Labute approximate surface area is 444 Å². The lowest BCUT2D eigenvalue weighted by atomic mass is 9.93. The van der Waals surface area contributed by atoms with E-state index >= 15 is 0 Å². The average Bonchev–Trinajstić information content (AvgIpc) is 4.42. The van der Waals surface area contributed by atoms with Gasteiger partial charge < -0.3 is 13.5 Å². The molecule has 0 saturated carbocycles. The molecule has 7 heterocycles. The molecule has 5 heteroatoms. The highest BCUT2D eigenvalue weighted by Gasteiger charge is 2.28. The van der Waals surface area contributed by atoms with Gasteiger partial charge in [0.1, 0.15) is 5.65 Å².